The number of fused-ring (bicyclic) bond motifs is 1. The Kier molecular flexibility index (Phi) is 9.76. The van der Waals surface area contributed by atoms with E-state index < -0.39 is 13.7 Å². The number of aromatic nitrogens is 3. The zero-order chi connectivity index (χ0) is 46.5. The largest absolute Gasteiger partial charge is 0.507 e. The third-order valence-corrected chi connectivity index (χ3v) is 11.3. The monoisotopic (exact) mass is 979 g/mol. The first-order chi connectivity index (χ1) is 31.6. The van der Waals surface area contributed by atoms with E-state index in [1.165, 1.54) is 6.07 Å². The van der Waals surface area contributed by atoms with Gasteiger partial charge in [0.25, 0.3) is 0 Å². The summed E-state index contributed by atoms with van der Waals surface area (Å²) in [7, 11) is 0. The molecule has 0 amide bonds. The molecule has 7 aromatic carbocycles. The summed E-state index contributed by atoms with van der Waals surface area (Å²) in [5.41, 5.74) is 11.1. The summed E-state index contributed by atoms with van der Waals surface area (Å²) in [5, 5.41) is 12.3. The van der Waals surface area contributed by atoms with Crippen molar-refractivity contribution in [3.63, 3.8) is 0 Å². The molecule has 4 nitrogen and oxygen atoms in total. The molecule has 0 spiro atoms. The van der Waals surface area contributed by atoms with Crippen LogP contribution >= 0.6 is 0 Å². The van der Waals surface area contributed by atoms with Gasteiger partial charge in [0.2, 0.25) is 0 Å². The van der Waals surface area contributed by atoms with Gasteiger partial charge in [0, 0.05) is 46.9 Å². The van der Waals surface area contributed by atoms with Crippen molar-refractivity contribution in [2.45, 2.75) is 53.2 Å². The molecular formula is C56H48N3OPt-. The van der Waals surface area contributed by atoms with Crippen LogP contribution in [0.2, 0.25) is 0 Å². The van der Waals surface area contributed by atoms with Gasteiger partial charge in [-0.1, -0.05) is 160 Å². The van der Waals surface area contributed by atoms with Crippen LogP contribution in [0.15, 0.2) is 164 Å². The molecule has 0 radical (unpaired) electrons. The Labute approximate surface area is 382 Å². The van der Waals surface area contributed by atoms with E-state index in [0.717, 1.165) is 55.8 Å². The number of aryl methyl sites for hydroxylation is 1. The van der Waals surface area contributed by atoms with Crippen LogP contribution < -0.4 is 0 Å². The van der Waals surface area contributed by atoms with Crippen LogP contribution in [-0.4, -0.2) is 19.6 Å². The molecule has 0 fully saturated rings. The minimum Gasteiger partial charge on any atom is -0.507 e. The number of imidazole rings is 1. The molecule has 0 bridgehead atoms. The SMILES string of the molecule is [2H]C([2H])([2H])c1cc(-n2c(-c3cc(C(C)C)cc(C(C)C)c3O)nc3c(-c4[c-]c(-c5cc(-c6ccccc6)ccn5)cc(-c5ccccc5)c4)cccc32)cc(-c2ccccc2)c1C([2H])([2H])[2H].[Pt]. The van der Waals surface area contributed by atoms with Crippen molar-refractivity contribution in [3.05, 3.63) is 192 Å². The van der Waals surface area contributed by atoms with Gasteiger partial charge in [-0.05, 0) is 106 Å². The van der Waals surface area contributed by atoms with Gasteiger partial charge in [-0.2, -0.15) is 0 Å². The molecule has 2 aromatic heterocycles. The van der Waals surface area contributed by atoms with E-state index >= 15 is 0 Å². The van der Waals surface area contributed by atoms with Crippen LogP contribution in [0.25, 0.3) is 83.9 Å². The van der Waals surface area contributed by atoms with Crippen LogP contribution in [0.1, 0.15) is 70.0 Å². The quantitative estimate of drug-likeness (QED) is 0.147. The van der Waals surface area contributed by atoms with E-state index in [1.54, 1.807) is 30.3 Å². The molecule has 0 atom stereocenters. The smallest absolute Gasteiger partial charge is 0.148 e. The fraction of sp³-hybridized carbons (Fsp3) is 0.143. The zero-order valence-electron chi connectivity index (χ0n) is 40.3. The molecule has 5 heteroatoms. The molecular weight excluding hydrogens is 926 g/mol. The Morgan fingerprint density at radius 3 is 1.92 bits per heavy atom. The Balaban J connectivity index is 0.00000608. The van der Waals surface area contributed by atoms with E-state index in [2.05, 4.69) is 62.4 Å². The molecule has 0 aliphatic rings. The number of phenols is 1. The van der Waals surface area contributed by atoms with Crippen molar-refractivity contribution in [3.8, 4) is 78.6 Å². The number of rotatable bonds is 9. The minimum absolute atomic E-state index is 0. The number of nitrogens with zero attached hydrogens (tertiary/aromatic N) is 3. The number of para-hydroxylation sites is 1. The second-order valence-corrected chi connectivity index (χ2v) is 15.9. The van der Waals surface area contributed by atoms with Gasteiger partial charge in [0.05, 0.1) is 16.6 Å². The molecule has 0 saturated heterocycles. The van der Waals surface area contributed by atoms with E-state index in [1.807, 2.05) is 103 Å². The predicted molar refractivity (Wildman–Crippen MR) is 250 cm³/mol. The molecule has 9 aromatic rings. The molecule has 0 saturated carbocycles. The van der Waals surface area contributed by atoms with Gasteiger partial charge in [-0.3, -0.25) is 9.55 Å². The molecule has 1 N–H and O–H groups in total. The summed E-state index contributed by atoms with van der Waals surface area (Å²) in [6.45, 7) is 2.70. The summed E-state index contributed by atoms with van der Waals surface area (Å²) in [6, 6.07) is 54.3. The van der Waals surface area contributed by atoms with E-state index in [0.29, 0.717) is 33.7 Å². The maximum atomic E-state index is 12.3. The summed E-state index contributed by atoms with van der Waals surface area (Å²) >= 11 is 0. The topological polar surface area (TPSA) is 50.9 Å². The number of hydrogen-bond donors (Lipinski definition) is 1. The third-order valence-electron chi connectivity index (χ3n) is 11.3. The van der Waals surface area contributed by atoms with Gasteiger partial charge >= 0.3 is 0 Å². The normalized spacial score (nSPS) is 13.2. The van der Waals surface area contributed by atoms with Crippen molar-refractivity contribution < 1.29 is 34.4 Å². The number of phenolic OH excluding ortho intramolecular Hbond substituents is 1. The van der Waals surface area contributed by atoms with Gasteiger partial charge < -0.3 is 5.11 Å². The maximum Gasteiger partial charge on any atom is 0.148 e. The van der Waals surface area contributed by atoms with E-state index in [4.69, 9.17) is 18.2 Å². The first-order valence-electron chi connectivity index (χ1n) is 23.3. The average Bonchev–Trinajstić information content (AvgIpc) is 3.71. The summed E-state index contributed by atoms with van der Waals surface area (Å²) in [4.78, 5) is 10.3. The second kappa shape index (κ2) is 17.3. The molecule has 2 heterocycles. The van der Waals surface area contributed by atoms with Crippen LogP contribution in [0.4, 0.5) is 0 Å². The van der Waals surface area contributed by atoms with Gasteiger partial charge in [0.1, 0.15) is 11.6 Å². The van der Waals surface area contributed by atoms with Crippen LogP contribution in [0.3, 0.4) is 0 Å². The number of benzene rings is 7. The van der Waals surface area contributed by atoms with Gasteiger partial charge in [-0.15, -0.1) is 23.8 Å². The van der Waals surface area contributed by atoms with Crippen LogP contribution in [-0.2, 0) is 21.1 Å². The molecule has 61 heavy (non-hydrogen) atoms. The van der Waals surface area contributed by atoms with Crippen molar-refractivity contribution in [2.24, 2.45) is 0 Å². The molecule has 0 aliphatic carbocycles. The van der Waals surface area contributed by atoms with Crippen molar-refractivity contribution in [1.82, 2.24) is 14.5 Å². The van der Waals surface area contributed by atoms with Gasteiger partial charge in [0.15, 0.2) is 0 Å². The standard InChI is InChI=1S/C56H48N3O.Pt/c1-35(2)43-31-49(36(3)4)55(60)51(32-43)56-58-54-48(23-16-24-53(54)59(56)47-27-37(5)38(6)50(34-47)41-21-14-9-15-22-41)45-28-44(40-19-12-8-13-20-40)29-46(30-45)52-33-42(25-26-57-52)39-17-10-7-11-18-39;/h7-29,31-36,60H,1-6H3;/q-1;/i5D3,6D3;. The first-order valence-corrected chi connectivity index (χ1v) is 20.3. The third kappa shape index (κ3) is 8.01. The van der Waals surface area contributed by atoms with Crippen LogP contribution in [0, 0.1) is 19.8 Å². The van der Waals surface area contributed by atoms with Gasteiger partial charge in [-0.25, -0.2) is 4.98 Å². The Bertz CT molecular complexity index is 3240. The summed E-state index contributed by atoms with van der Waals surface area (Å²) in [6.07, 6.45) is 1.81. The second-order valence-electron chi connectivity index (χ2n) is 15.9. The Morgan fingerprint density at radius 2 is 1.26 bits per heavy atom. The van der Waals surface area contributed by atoms with E-state index in [9.17, 15) is 5.11 Å². The number of pyridine rings is 1. The van der Waals surface area contributed by atoms with Crippen molar-refractivity contribution in [2.75, 3.05) is 0 Å². The molecule has 0 unspecified atom stereocenters. The van der Waals surface area contributed by atoms with Crippen molar-refractivity contribution in [1.29, 1.82) is 0 Å². The average molecular weight is 980 g/mol. The number of aromatic hydroxyl groups is 1. The predicted octanol–water partition coefficient (Wildman–Crippen LogP) is 14.8. The summed E-state index contributed by atoms with van der Waals surface area (Å²) in [5.74, 6) is 0.496. The molecule has 9 rings (SSSR count). The maximum absolute atomic E-state index is 12.3. The van der Waals surface area contributed by atoms with Crippen molar-refractivity contribution >= 4 is 11.0 Å². The fourth-order valence-corrected chi connectivity index (χ4v) is 8.02. The van der Waals surface area contributed by atoms with Crippen LogP contribution in [0.5, 0.6) is 5.75 Å². The zero-order valence-corrected chi connectivity index (χ0v) is 36.6. The summed E-state index contributed by atoms with van der Waals surface area (Å²) < 4.78 is 54.0. The number of hydrogen-bond acceptors (Lipinski definition) is 3. The minimum atomic E-state index is -2.80. The van der Waals surface area contributed by atoms with E-state index in [-0.39, 0.29) is 55.3 Å². The Morgan fingerprint density at radius 1 is 0.590 bits per heavy atom. The first kappa shape index (κ1) is 34.4. The molecule has 304 valence electrons. The fourth-order valence-electron chi connectivity index (χ4n) is 8.02. The Hall–Kier alpha value is -6.35. The molecule has 0 aliphatic heterocycles.